The SMILES string of the molecule is Cc1ccc(OC2CCN(C(=O)c3ccc(F)cc3F)C2)nn1. The smallest absolute Gasteiger partial charge is 0.256 e. The molecule has 1 aliphatic rings. The Bertz CT molecular complexity index is 722. The van der Waals surface area contributed by atoms with E-state index in [1.165, 1.54) is 4.90 Å². The number of likely N-dealkylation sites (tertiary alicyclic amines) is 1. The first-order valence-electron chi connectivity index (χ1n) is 7.24. The van der Waals surface area contributed by atoms with E-state index in [4.69, 9.17) is 4.74 Å². The van der Waals surface area contributed by atoms with Crippen molar-refractivity contribution in [3.63, 3.8) is 0 Å². The van der Waals surface area contributed by atoms with Gasteiger partial charge in [0.1, 0.15) is 17.7 Å². The Kier molecular flexibility index (Phi) is 4.18. The van der Waals surface area contributed by atoms with E-state index in [1.807, 2.05) is 6.92 Å². The molecule has 0 spiro atoms. The van der Waals surface area contributed by atoms with Gasteiger partial charge in [0.2, 0.25) is 5.88 Å². The summed E-state index contributed by atoms with van der Waals surface area (Å²) in [5, 5.41) is 7.82. The third-order valence-corrected chi connectivity index (χ3v) is 3.65. The van der Waals surface area contributed by atoms with Gasteiger partial charge >= 0.3 is 0 Å². The molecule has 1 aromatic carbocycles. The van der Waals surface area contributed by atoms with Crippen LogP contribution >= 0.6 is 0 Å². The third-order valence-electron chi connectivity index (χ3n) is 3.65. The van der Waals surface area contributed by atoms with Crippen LogP contribution < -0.4 is 4.74 Å². The molecule has 120 valence electrons. The summed E-state index contributed by atoms with van der Waals surface area (Å²) >= 11 is 0. The number of rotatable bonds is 3. The molecule has 1 aromatic heterocycles. The molecule has 7 heteroatoms. The van der Waals surface area contributed by atoms with Crippen molar-refractivity contribution in [2.45, 2.75) is 19.4 Å². The number of hydrogen-bond donors (Lipinski definition) is 0. The number of aromatic nitrogens is 2. The van der Waals surface area contributed by atoms with Crippen LogP contribution in [0.2, 0.25) is 0 Å². The van der Waals surface area contributed by atoms with Gasteiger partial charge in [0.25, 0.3) is 5.91 Å². The Morgan fingerprint density at radius 2 is 2.09 bits per heavy atom. The van der Waals surface area contributed by atoms with Crippen molar-refractivity contribution in [3.8, 4) is 5.88 Å². The quantitative estimate of drug-likeness (QED) is 0.871. The minimum absolute atomic E-state index is 0.137. The van der Waals surface area contributed by atoms with E-state index in [0.717, 1.165) is 17.8 Å². The number of nitrogens with zero attached hydrogens (tertiary/aromatic N) is 3. The molecule has 5 nitrogen and oxygen atoms in total. The minimum atomic E-state index is -0.858. The molecule has 1 amide bonds. The zero-order valence-electron chi connectivity index (χ0n) is 12.5. The Morgan fingerprint density at radius 1 is 1.26 bits per heavy atom. The summed E-state index contributed by atoms with van der Waals surface area (Å²) in [5.41, 5.74) is 0.648. The highest BCUT2D eigenvalue weighted by Gasteiger charge is 2.29. The van der Waals surface area contributed by atoms with E-state index >= 15 is 0 Å². The van der Waals surface area contributed by atoms with E-state index in [-0.39, 0.29) is 11.7 Å². The van der Waals surface area contributed by atoms with E-state index < -0.39 is 17.5 Å². The highest BCUT2D eigenvalue weighted by atomic mass is 19.1. The minimum Gasteiger partial charge on any atom is -0.471 e. The maximum absolute atomic E-state index is 13.7. The second-order valence-corrected chi connectivity index (χ2v) is 5.42. The summed E-state index contributed by atoms with van der Waals surface area (Å²) in [6.45, 7) is 2.59. The summed E-state index contributed by atoms with van der Waals surface area (Å²) in [7, 11) is 0. The van der Waals surface area contributed by atoms with Crippen LogP contribution in [0.1, 0.15) is 22.5 Å². The maximum atomic E-state index is 13.7. The summed E-state index contributed by atoms with van der Waals surface area (Å²) in [6.07, 6.45) is 0.392. The van der Waals surface area contributed by atoms with Gasteiger partial charge in [-0.15, -0.1) is 5.10 Å². The van der Waals surface area contributed by atoms with Crippen LogP contribution in [-0.2, 0) is 0 Å². The summed E-state index contributed by atoms with van der Waals surface area (Å²) in [4.78, 5) is 13.8. The van der Waals surface area contributed by atoms with Gasteiger partial charge in [-0.3, -0.25) is 4.79 Å². The van der Waals surface area contributed by atoms with E-state index in [9.17, 15) is 13.6 Å². The van der Waals surface area contributed by atoms with Crippen molar-refractivity contribution in [1.82, 2.24) is 15.1 Å². The van der Waals surface area contributed by atoms with Crippen molar-refractivity contribution in [3.05, 3.63) is 53.2 Å². The molecular formula is C16H15F2N3O2. The lowest BCUT2D eigenvalue weighted by atomic mass is 10.2. The van der Waals surface area contributed by atoms with Crippen molar-refractivity contribution in [2.24, 2.45) is 0 Å². The number of ether oxygens (including phenoxy) is 1. The molecule has 3 rings (SSSR count). The van der Waals surface area contributed by atoms with Gasteiger partial charge in [0.05, 0.1) is 17.8 Å². The Hall–Kier alpha value is -2.57. The number of aryl methyl sites for hydroxylation is 1. The number of halogens is 2. The molecular weight excluding hydrogens is 304 g/mol. The molecule has 1 fully saturated rings. The van der Waals surface area contributed by atoms with Crippen molar-refractivity contribution < 1.29 is 18.3 Å². The van der Waals surface area contributed by atoms with Crippen molar-refractivity contribution >= 4 is 5.91 Å². The standard InChI is InChI=1S/C16H15F2N3O2/c1-10-2-5-15(20-19-10)23-12-6-7-21(9-12)16(22)13-4-3-11(17)8-14(13)18/h2-5,8,12H,6-7,9H2,1H3. The third kappa shape index (κ3) is 3.44. The second-order valence-electron chi connectivity index (χ2n) is 5.42. The Labute approximate surface area is 131 Å². The van der Waals surface area contributed by atoms with Gasteiger partial charge < -0.3 is 9.64 Å². The number of carbonyl (C=O) groups excluding carboxylic acids is 1. The fourth-order valence-corrected chi connectivity index (χ4v) is 2.46. The molecule has 23 heavy (non-hydrogen) atoms. The fourth-order valence-electron chi connectivity index (χ4n) is 2.46. The Morgan fingerprint density at radius 3 is 2.78 bits per heavy atom. The zero-order valence-corrected chi connectivity index (χ0v) is 12.5. The van der Waals surface area contributed by atoms with Crippen LogP contribution in [0.3, 0.4) is 0 Å². The van der Waals surface area contributed by atoms with Crippen molar-refractivity contribution in [1.29, 1.82) is 0 Å². The number of carbonyl (C=O) groups is 1. The number of benzene rings is 1. The summed E-state index contributed by atoms with van der Waals surface area (Å²) in [6, 6.07) is 6.44. The number of amides is 1. The molecule has 2 aromatic rings. The van der Waals surface area contributed by atoms with Gasteiger partial charge in [-0.2, -0.15) is 5.10 Å². The predicted octanol–water partition coefficient (Wildman–Crippen LogP) is 2.36. The average molecular weight is 319 g/mol. The van der Waals surface area contributed by atoms with Crippen molar-refractivity contribution in [2.75, 3.05) is 13.1 Å². The second kappa shape index (κ2) is 6.28. The summed E-state index contributed by atoms with van der Waals surface area (Å²) in [5.74, 6) is -1.64. The first-order valence-corrected chi connectivity index (χ1v) is 7.24. The normalized spacial score (nSPS) is 17.3. The van der Waals surface area contributed by atoms with Gasteiger partial charge in [0, 0.05) is 25.1 Å². The molecule has 0 bridgehead atoms. The first-order chi connectivity index (χ1) is 11.0. The molecule has 0 aliphatic carbocycles. The van der Waals surface area contributed by atoms with Gasteiger partial charge in [0.15, 0.2) is 0 Å². The van der Waals surface area contributed by atoms with Crippen LogP contribution in [0.5, 0.6) is 5.88 Å². The lowest BCUT2D eigenvalue weighted by molar-refractivity contribution is 0.0766. The Balaban J connectivity index is 1.65. The lowest BCUT2D eigenvalue weighted by Crippen LogP contribution is -2.31. The highest BCUT2D eigenvalue weighted by molar-refractivity contribution is 5.94. The van der Waals surface area contributed by atoms with Gasteiger partial charge in [-0.05, 0) is 25.1 Å². The number of hydrogen-bond acceptors (Lipinski definition) is 4. The van der Waals surface area contributed by atoms with Crippen LogP contribution in [-0.4, -0.2) is 40.2 Å². The molecule has 0 N–H and O–H groups in total. The van der Waals surface area contributed by atoms with Gasteiger partial charge in [-0.1, -0.05) is 0 Å². The van der Waals surface area contributed by atoms with Crippen LogP contribution in [0.25, 0.3) is 0 Å². The van der Waals surface area contributed by atoms with E-state index in [2.05, 4.69) is 10.2 Å². The topological polar surface area (TPSA) is 55.3 Å². The average Bonchev–Trinajstić information content (AvgIpc) is 2.97. The highest BCUT2D eigenvalue weighted by Crippen LogP contribution is 2.20. The molecule has 1 unspecified atom stereocenters. The van der Waals surface area contributed by atoms with E-state index in [1.54, 1.807) is 12.1 Å². The molecule has 0 saturated carbocycles. The molecule has 0 radical (unpaired) electrons. The molecule has 1 saturated heterocycles. The van der Waals surface area contributed by atoms with Crippen LogP contribution in [0.4, 0.5) is 8.78 Å². The van der Waals surface area contributed by atoms with E-state index in [0.29, 0.717) is 31.5 Å². The molecule has 1 atom stereocenters. The molecule has 2 heterocycles. The fraction of sp³-hybridized carbons (Fsp3) is 0.312. The monoisotopic (exact) mass is 319 g/mol. The van der Waals surface area contributed by atoms with Crippen LogP contribution in [0, 0.1) is 18.6 Å². The lowest BCUT2D eigenvalue weighted by Gasteiger charge is -2.17. The van der Waals surface area contributed by atoms with Gasteiger partial charge in [-0.25, -0.2) is 8.78 Å². The summed E-state index contributed by atoms with van der Waals surface area (Å²) < 4.78 is 32.3. The molecule has 1 aliphatic heterocycles. The first kappa shape index (κ1) is 15.3. The zero-order chi connectivity index (χ0) is 16.4. The maximum Gasteiger partial charge on any atom is 0.256 e. The largest absolute Gasteiger partial charge is 0.471 e. The predicted molar refractivity (Wildman–Crippen MR) is 78.1 cm³/mol. The van der Waals surface area contributed by atoms with Crippen LogP contribution in [0.15, 0.2) is 30.3 Å².